The number of hydrogen-bond acceptors (Lipinski definition) is 3. The van der Waals surface area contributed by atoms with Crippen molar-refractivity contribution in [2.24, 2.45) is 0 Å². The third-order valence-electron chi connectivity index (χ3n) is 9.17. The average Bonchev–Trinajstić information content (AvgIpc) is 3.54. The molecule has 3 aromatic heterocycles. The van der Waals surface area contributed by atoms with Crippen molar-refractivity contribution in [3.05, 3.63) is 174 Å². The molecule has 51 heavy (non-hydrogen) atoms. The number of pyridine rings is 2. The van der Waals surface area contributed by atoms with Gasteiger partial charge in [-0.25, -0.2) is 0 Å². The zero-order valence-corrected chi connectivity index (χ0v) is 33.8. The number of fused-ring (bicyclic) bond motifs is 3. The molecule has 1 radical (unpaired) electrons. The predicted octanol–water partition coefficient (Wildman–Crippen LogP) is 11.9. The summed E-state index contributed by atoms with van der Waals surface area (Å²) < 4.78 is 2.62. The summed E-state index contributed by atoms with van der Waals surface area (Å²) >= 11 is 1.84. The molecule has 0 unspecified atom stereocenters. The summed E-state index contributed by atoms with van der Waals surface area (Å²) in [6, 6.07) is 51.4. The van der Waals surface area contributed by atoms with E-state index in [1.165, 1.54) is 58.7 Å². The third-order valence-corrected chi connectivity index (χ3v) is 12.4. The van der Waals surface area contributed by atoms with Gasteiger partial charge < -0.3 is 9.97 Å². The quantitative estimate of drug-likeness (QED) is 0.123. The van der Waals surface area contributed by atoms with Gasteiger partial charge in [-0.2, -0.15) is 11.3 Å². The number of rotatable bonds is 6. The Morgan fingerprint density at radius 1 is 0.667 bits per heavy atom. The zero-order chi connectivity index (χ0) is 34.7. The first kappa shape index (κ1) is 36.3. The monoisotopic (exact) mass is 873 g/mol. The Hall–Kier alpha value is -4.51. The maximum absolute atomic E-state index is 4.78. The Kier molecular flexibility index (Phi) is 11.2. The van der Waals surface area contributed by atoms with Crippen LogP contribution in [-0.2, 0) is 26.5 Å². The Balaban J connectivity index is 0.000000173. The minimum atomic E-state index is -1.32. The van der Waals surface area contributed by atoms with E-state index in [1.54, 1.807) is 0 Å². The molecular weight excluding hydrogens is 833 g/mol. The van der Waals surface area contributed by atoms with Crippen LogP contribution in [0.15, 0.2) is 140 Å². The van der Waals surface area contributed by atoms with Crippen LogP contribution in [0.4, 0.5) is 0 Å². The van der Waals surface area contributed by atoms with Crippen molar-refractivity contribution in [3.63, 3.8) is 0 Å². The van der Waals surface area contributed by atoms with Crippen LogP contribution in [0, 0.1) is 26.0 Å². The van der Waals surface area contributed by atoms with Gasteiger partial charge in [0.25, 0.3) is 0 Å². The molecule has 0 saturated heterocycles. The van der Waals surface area contributed by atoms with Crippen LogP contribution in [0.5, 0.6) is 0 Å². The fourth-order valence-corrected chi connectivity index (χ4v) is 8.57. The van der Waals surface area contributed by atoms with Gasteiger partial charge in [-0.05, 0) is 68.3 Å². The second-order valence-corrected chi connectivity index (χ2v) is 20.0. The first-order valence-corrected chi connectivity index (χ1v) is 21.4. The minimum absolute atomic E-state index is 0. The van der Waals surface area contributed by atoms with E-state index in [9.17, 15) is 0 Å². The number of aryl methyl sites for hydroxylation is 2. The van der Waals surface area contributed by atoms with Gasteiger partial charge in [-0.3, -0.25) is 0 Å². The minimum Gasteiger partial charge on any atom is -0.305 e. The molecule has 0 spiro atoms. The van der Waals surface area contributed by atoms with Crippen LogP contribution in [0.3, 0.4) is 0 Å². The molecule has 0 bridgehead atoms. The van der Waals surface area contributed by atoms with Gasteiger partial charge in [0, 0.05) is 37.2 Å². The number of nitrogens with zero attached hydrogens (tertiary/aromatic N) is 2. The van der Waals surface area contributed by atoms with Crippen LogP contribution in [0.25, 0.3) is 53.8 Å². The normalized spacial score (nSPS) is 11.2. The summed E-state index contributed by atoms with van der Waals surface area (Å²) in [5, 5.41) is 4.08. The molecule has 0 aliphatic carbocycles. The van der Waals surface area contributed by atoms with Gasteiger partial charge in [0.2, 0.25) is 0 Å². The van der Waals surface area contributed by atoms with Gasteiger partial charge in [-0.15, -0.1) is 58.7 Å². The van der Waals surface area contributed by atoms with E-state index in [0.717, 1.165) is 28.9 Å². The first-order valence-electron chi connectivity index (χ1n) is 17.1. The summed E-state index contributed by atoms with van der Waals surface area (Å²) in [5.74, 6) is 0. The fourth-order valence-electron chi connectivity index (χ4n) is 6.25. The van der Waals surface area contributed by atoms with E-state index in [0.29, 0.717) is 0 Å². The molecule has 8 rings (SSSR count). The van der Waals surface area contributed by atoms with Gasteiger partial charge in [0.05, 0.1) is 8.07 Å². The largest absolute Gasteiger partial charge is 0.305 e. The second kappa shape index (κ2) is 15.8. The van der Waals surface area contributed by atoms with Gasteiger partial charge in [0.1, 0.15) is 0 Å². The molecule has 0 amide bonds. The fraction of sp³-hybridized carbons (Fsp3) is 0.130. The SMILES string of the molecule is Cc1c[c-]c(-c2ccc([Si](C)(C)C)cn2)c2sc3ccccc3c12.Cc1cnc(-c2[c-]ccc(-c3ccccc3)c2)cc1Cc1ccccc1.[Ir]. The molecule has 0 atom stereocenters. The van der Waals surface area contributed by atoms with Gasteiger partial charge >= 0.3 is 0 Å². The maximum atomic E-state index is 4.78. The summed E-state index contributed by atoms with van der Waals surface area (Å²) in [7, 11) is -1.32. The number of benzene rings is 5. The van der Waals surface area contributed by atoms with E-state index in [1.807, 2.05) is 29.7 Å². The molecule has 0 saturated carbocycles. The van der Waals surface area contributed by atoms with Crippen LogP contribution in [0.1, 0.15) is 22.3 Å². The van der Waals surface area contributed by atoms with Crippen molar-refractivity contribution in [3.8, 4) is 33.6 Å². The van der Waals surface area contributed by atoms with Crippen molar-refractivity contribution in [1.82, 2.24) is 9.97 Å². The van der Waals surface area contributed by atoms with Crippen molar-refractivity contribution < 1.29 is 20.1 Å². The van der Waals surface area contributed by atoms with E-state index in [4.69, 9.17) is 4.98 Å². The topological polar surface area (TPSA) is 25.8 Å². The summed E-state index contributed by atoms with van der Waals surface area (Å²) in [6.07, 6.45) is 4.95. The molecule has 0 aliphatic heterocycles. The van der Waals surface area contributed by atoms with E-state index < -0.39 is 8.07 Å². The molecule has 0 N–H and O–H groups in total. The van der Waals surface area contributed by atoms with E-state index in [-0.39, 0.29) is 20.1 Å². The summed E-state index contributed by atoms with van der Waals surface area (Å²) in [6.45, 7) is 11.4. The third kappa shape index (κ3) is 8.19. The van der Waals surface area contributed by atoms with E-state index in [2.05, 4.69) is 172 Å². The standard InChI is InChI=1S/C25H20N.C21H20NSSi.Ir/c1-19-18-26-25(17-24(19)15-20-9-4-2-5-10-20)23-14-8-13-22(16-23)21-11-6-3-7-12-21;1-14-9-11-16(18-12-10-15(13-22-18)24(2,3)4)21-20(14)17-7-5-6-8-19(17)23-21;/h2-13,16-18H,15H2,1H3;5-10,12-13H,1-4H3;/q2*-1;. The molecule has 2 nitrogen and oxygen atoms in total. The van der Waals surface area contributed by atoms with Crippen molar-refractivity contribution >= 4 is 44.8 Å². The number of aromatic nitrogens is 2. The number of thiophene rings is 1. The Morgan fingerprint density at radius 3 is 2.10 bits per heavy atom. The average molecular weight is 873 g/mol. The summed E-state index contributed by atoms with van der Waals surface area (Å²) in [4.78, 5) is 9.43. The molecule has 0 aliphatic rings. The Labute approximate surface area is 320 Å². The molecule has 5 aromatic carbocycles. The molecule has 3 heterocycles. The van der Waals surface area contributed by atoms with Crippen molar-refractivity contribution in [2.75, 3.05) is 0 Å². The molecule has 8 aromatic rings. The van der Waals surface area contributed by atoms with Crippen LogP contribution < -0.4 is 5.19 Å². The molecule has 255 valence electrons. The summed E-state index contributed by atoms with van der Waals surface area (Å²) in [5.41, 5.74) is 11.7. The van der Waals surface area contributed by atoms with Crippen LogP contribution in [0.2, 0.25) is 19.6 Å². The van der Waals surface area contributed by atoms with Gasteiger partial charge in [0.15, 0.2) is 0 Å². The Bertz CT molecular complexity index is 2400. The smallest absolute Gasteiger partial charge is 0.0795 e. The van der Waals surface area contributed by atoms with Gasteiger partial charge in [-0.1, -0.05) is 129 Å². The van der Waals surface area contributed by atoms with Crippen LogP contribution >= 0.6 is 11.3 Å². The van der Waals surface area contributed by atoms with Crippen molar-refractivity contribution in [1.29, 1.82) is 0 Å². The van der Waals surface area contributed by atoms with Crippen LogP contribution in [-0.4, -0.2) is 18.0 Å². The Morgan fingerprint density at radius 2 is 1.37 bits per heavy atom. The molecular formula is C46H40IrN2SSi-2. The molecule has 5 heteroatoms. The first-order chi connectivity index (χ1) is 24.2. The maximum Gasteiger partial charge on any atom is 0.0795 e. The molecule has 0 fully saturated rings. The predicted molar refractivity (Wildman–Crippen MR) is 217 cm³/mol. The zero-order valence-electron chi connectivity index (χ0n) is 29.6. The van der Waals surface area contributed by atoms with E-state index >= 15 is 0 Å². The number of hydrogen-bond donors (Lipinski definition) is 0. The second-order valence-electron chi connectivity index (χ2n) is 13.8. The van der Waals surface area contributed by atoms with Crippen molar-refractivity contribution in [2.45, 2.75) is 39.9 Å².